The van der Waals surface area contributed by atoms with Crippen molar-refractivity contribution >= 4 is 27.5 Å². The minimum atomic E-state index is -0.0864. The number of hydrogen-bond acceptors (Lipinski definition) is 3. The minimum absolute atomic E-state index is 0.0728. The van der Waals surface area contributed by atoms with Gasteiger partial charge in [0.05, 0.1) is 11.6 Å². The molecule has 0 saturated carbocycles. The standard InChI is InChI=1S/C12H17BrN2O2/c1-3-8(14)6-12(16)15-9-4-5-11(17-2)10(13)7-9/h4-5,7-8H,3,6,14H2,1-2H3,(H,15,16). The average molecular weight is 301 g/mol. The molecule has 0 aliphatic heterocycles. The number of carbonyl (C=O) groups excluding carboxylic acids is 1. The maximum atomic E-state index is 11.6. The lowest BCUT2D eigenvalue weighted by Gasteiger charge is -2.10. The molecular formula is C12H17BrN2O2. The van der Waals surface area contributed by atoms with E-state index in [1.165, 1.54) is 0 Å². The van der Waals surface area contributed by atoms with E-state index in [-0.39, 0.29) is 11.9 Å². The largest absolute Gasteiger partial charge is 0.496 e. The van der Waals surface area contributed by atoms with Crippen LogP contribution in [0.2, 0.25) is 0 Å². The average Bonchev–Trinajstić information content (AvgIpc) is 2.29. The Labute approximate surface area is 110 Å². The summed E-state index contributed by atoms with van der Waals surface area (Å²) < 4.78 is 5.91. The number of anilines is 1. The van der Waals surface area contributed by atoms with Crippen LogP contribution in [0.1, 0.15) is 19.8 Å². The Kier molecular flexibility index (Phi) is 5.44. The van der Waals surface area contributed by atoms with Gasteiger partial charge in [0.2, 0.25) is 5.91 Å². The highest BCUT2D eigenvalue weighted by Gasteiger charge is 2.09. The monoisotopic (exact) mass is 300 g/mol. The van der Waals surface area contributed by atoms with Crippen molar-refractivity contribution in [1.29, 1.82) is 0 Å². The van der Waals surface area contributed by atoms with E-state index >= 15 is 0 Å². The molecule has 3 N–H and O–H groups in total. The van der Waals surface area contributed by atoms with Crippen LogP contribution in [0.15, 0.2) is 22.7 Å². The van der Waals surface area contributed by atoms with Crippen LogP contribution in [-0.2, 0) is 4.79 Å². The number of hydrogen-bond donors (Lipinski definition) is 2. The molecule has 1 aromatic rings. The number of nitrogens with two attached hydrogens (primary N) is 1. The lowest BCUT2D eigenvalue weighted by atomic mass is 10.1. The van der Waals surface area contributed by atoms with Crippen molar-refractivity contribution in [3.63, 3.8) is 0 Å². The molecule has 0 aliphatic carbocycles. The van der Waals surface area contributed by atoms with Crippen molar-refractivity contribution < 1.29 is 9.53 Å². The number of amides is 1. The second-order valence-electron chi connectivity index (χ2n) is 3.77. The molecule has 0 spiro atoms. The van der Waals surface area contributed by atoms with Crippen molar-refractivity contribution in [3.05, 3.63) is 22.7 Å². The maximum Gasteiger partial charge on any atom is 0.225 e. The van der Waals surface area contributed by atoms with Crippen LogP contribution in [0, 0.1) is 0 Å². The summed E-state index contributed by atoms with van der Waals surface area (Å²) in [5.41, 5.74) is 6.44. The van der Waals surface area contributed by atoms with Crippen LogP contribution >= 0.6 is 15.9 Å². The Hall–Kier alpha value is -1.07. The molecule has 4 nitrogen and oxygen atoms in total. The van der Waals surface area contributed by atoms with E-state index in [2.05, 4.69) is 21.2 Å². The fraction of sp³-hybridized carbons (Fsp3) is 0.417. The zero-order valence-corrected chi connectivity index (χ0v) is 11.6. The van der Waals surface area contributed by atoms with Gasteiger partial charge in [0.1, 0.15) is 5.75 Å². The number of halogens is 1. The number of carbonyl (C=O) groups is 1. The zero-order chi connectivity index (χ0) is 12.8. The second-order valence-corrected chi connectivity index (χ2v) is 4.62. The van der Waals surface area contributed by atoms with E-state index in [1.807, 2.05) is 6.92 Å². The zero-order valence-electron chi connectivity index (χ0n) is 10.00. The Morgan fingerprint density at radius 2 is 2.29 bits per heavy atom. The molecule has 0 aromatic heterocycles. The first kappa shape index (κ1) is 14.0. The summed E-state index contributed by atoms with van der Waals surface area (Å²) >= 11 is 3.36. The van der Waals surface area contributed by atoms with Gasteiger partial charge >= 0.3 is 0 Å². The summed E-state index contributed by atoms with van der Waals surface area (Å²) in [7, 11) is 1.60. The van der Waals surface area contributed by atoms with Gasteiger partial charge in [-0.1, -0.05) is 6.92 Å². The third kappa shape index (κ3) is 4.36. The molecule has 94 valence electrons. The predicted molar refractivity (Wildman–Crippen MR) is 72.2 cm³/mol. The highest BCUT2D eigenvalue weighted by Crippen LogP contribution is 2.27. The molecule has 0 aliphatic rings. The van der Waals surface area contributed by atoms with Gasteiger partial charge in [0.25, 0.3) is 0 Å². The van der Waals surface area contributed by atoms with E-state index in [0.29, 0.717) is 6.42 Å². The smallest absolute Gasteiger partial charge is 0.225 e. The van der Waals surface area contributed by atoms with Crippen LogP contribution < -0.4 is 15.8 Å². The Balaban J connectivity index is 2.63. The van der Waals surface area contributed by atoms with E-state index in [4.69, 9.17) is 10.5 Å². The quantitative estimate of drug-likeness (QED) is 0.878. The van der Waals surface area contributed by atoms with Crippen LogP contribution in [0.25, 0.3) is 0 Å². The van der Waals surface area contributed by atoms with Gasteiger partial charge < -0.3 is 15.8 Å². The summed E-state index contributed by atoms with van der Waals surface area (Å²) in [6.45, 7) is 1.96. The summed E-state index contributed by atoms with van der Waals surface area (Å²) in [5.74, 6) is 0.657. The molecule has 1 aromatic carbocycles. The lowest BCUT2D eigenvalue weighted by Crippen LogP contribution is -2.26. The normalized spacial score (nSPS) is 12.0. The number of methoxy groups -OCH3 is 1. The fourth-order valence-electron chi connectivity index (χ4n) is 1.34. The van der Waals surface area contributed by atoms with E-state index in [9.17, 15) is 4.79 Å². The molecule has 1 rings (SSSR count). The molecule has 0 fully saturated rings. The summed E-state index contributed by atoms with van der Waals surface area (Å²) in [6.07, 6.45) is 1.12. The van der Waals surface area contributed by atoms with Crippen LogP contribution in [0.4, 0.5) is 5.69 Å². The summed E-state index contributed by atoms with van der Waals surface area (Å²) in [4.78, 5) is 11.6. The molecule has 17 heavy (non-hydrogen) atoms. The Morgan fingerprint density at radius 1 is 1.59 bits per heavy atom. The molecule has 0 radical (unpaired) electrons. The van der Waals surface area contributed by atoms with Crippen molar-refractivity contribution in [2.24, 2.45) is 5.73 Å². The van der Waals surface area contributed by atoms with Gasteiger partial charge in [-0.25, -0.2) is 0 Å². The van der Waals surface area contributed by atoms with Gasteiger partial charge in [0.15, 0.2) is 0 Å². The van der Waals surface area contributed by atoms with Crippen LogP contribution in [0.3, 0.4) is 0 Å². The van der Waals surface area contributed by atoms with Gasteiger partial charge in [-0.2, -0.15) is 0 Å². The topological polar surface area (TPSA) is 64.4 Å². The highest BCUT2D eigenvalue weighted by atomic mass is 79.9. The number of nitrogens with one attached hydrogen (secondary N) is 1. The third-order valence-corrected chi connectivity index (χ3v) is 3.03. The molecule has 0 bridgehead atoms. The Morgan fingerprint density at radius 3 is 2.82 bits per heavy atom. The van der Waals surface area contributed by atoms with Crippen molar-refractivity contribution in [1.82, 2.24) is 0 Å². The van der Waals surface area contributed by atoms with Gasteiger partial charge in [-0.3, -0.25) is 4.79 Å². The van der Waals surface area contributed by atoms with Gasteiger partial charge in [-0.15, -0.1) is 0 Å². The SMILES string of the molecule is CCC(N)CC(=O)Nc1ccc(OC)c(Br)c1. The van der Waals surface area contributed by atoms with Crippen molar-refractivity contribution in [2.75, 3.05) is 12.4 Å². The fourth-order valence-corrected chi connectivity index (χ4v) is 1.88. The van der Waals surface area contributed by atoms with Gasteiger partial charge in [0, 0.05) is 18.2 Å². The van der Waals surface area contributed by atoms with E-state index in [1.54, 1.807) is 25.3 Å². The first-order chi connectivity index (χ1) is 8.06. The molecule has 1 unspecified atom stereocenters. The van der Waals surface area contributed by atoms with E-state index < -0.39 is 0 Å². The molecule has 0 heterocycles. The highest BCUT2D eigenvalue weighted by molar-refractivity contribution is 9.10. The lowest BCUT2D eigenvalue weighted by molar-refractivity contribution is -0.116. The Bertz CT molecular complexity index is 396. The first-order valence-corrected chi connectivity index (χ1v) is 6.25. The van der Waals surface area contributed by atoms with Crippen molar-refractivity contribution in [3.8, 4) is 5.75 Å². The number of benzene rings is 1. The first-order valence-electron chi connectivity index (χ1n) is 5.45. The molecule has 1 atom stereocenters. The third-order valence-electron chi connectivity index (χ3n) is 2.41. The number of ether oxygens (including phenoxy) is 1. The predicted octanol–water partition coefficient (Wildman–Crippen LogP) is 2.52. The van der Waals surface area contributed by atoms with Crippen LogP contribution in [-0.4, -0.2) is 19.1 Å². The molecule has 1 amide bonds. The molecule has 5 heteroatoms. The molecule has 0 saturated heterocycles. The maximum absolute atomic E-state index is 11.6. The summed E-state index contributed by atoms with van der Waals surface area (Å²) in [6, 6.07) is 5.30. The second kappa shape index (κ2) is 6.61. The van der Waals surface area contributed by atoms with Crippen LogP contribution in [0.5, 0.6) is 5.75 Å². The van der Waals surface area contributed by atoms with E-state index in [0.717, 1.165) is 22.3 Å². The molecular weight excluding hydrogens is 284 g/mol. The number of rotatable bonds is 5. The van der Waals surface area contributed by atoms with Gasteiger partial charge in [-0.05, 0) is 40.5 Å². The minimum Gasteiger partial charge on any atom is -0.496 e. The van der Waals surface area contributed by atoms with Crippen molar-refractivity contribution in [2.45, 2.75) is 25.8 Å². The summed E-state index contributed by atoms with van der Waals surface area (Å²) in [5, 5.41) is 2.79.